The van der Waals surface area contributed by atoms with Crippen molar-refractivity contribution in [1.29, 1.82) is 0 Å². The van der Waals surface area contributed by atoms with E-state index in [1.807, 2.05) is 0 Å². The van der Waals surface area contributed by atoms with Gasteiger partial charge in [0.05, 0.1) is 7.11 Å². The summed E-state index contributed by atoms with van der Waals surface area (Å²) < 4.78 is 4.60. The van der Waals surface area contributed by atoms with E-state index < -0.39 is 11.9 Å². The van der Waals surface area contributed by atoms with E-state index in [1.54, 1.807) is 24.3 Å². The van der Waals surface area contributed by atoms with Crippen LogP contribution < -0.4 is 0 Å². The van der Waals surface area contributed by atoms with Gasteiger partial charge in [0.15, 0.2) is 5.78 Å². The van der Waals surface area contributed by atoms with Crippen LogP contribution in [0.5, 0.6) is 0 Å². The Morgan fingerprint density at radius 2 is 2.00 bits per heavy atom. The Bertz CT molecular complexity index is 423. The predicted molar refractivity (Wildman–Crippen MR) is 66.1 cm³/mol. The SMILES string of the molecule is C=CCC(C(=O)OC)C(=O)c1ccc(Cl)cc1. The van der Waals surface area contributed by atoms with Gasteiger partial charge in [-0.2, -0.15) is 0 Å². The topological polar surface area (TPSA) is 43.4 Å². The van der Waals surface area contributed by atoms with E-state index in [0.717, 1.165) is 0 Å². The van der Waals surface area contributed by atoms with E-state index in [2.05, 4.69) is 11.3 Å². The average Bonchev–Trinajstić information content (AvgIpc) is 2.35. The summed E-state index contributed by atoms with van der Waals surface area (Å²) in [6.07, 6.45) is 1.78. The number of benzene rings is 1. The van der Waals surface area contributed by atoms with Crippen molar-refractivity contribution in [3.63, 3.8) is 0 Å². The standard InChI is InChI=1S/C13H13ClO3/c1-3-4-11(13(16)17-2)12(15)9-5-7-10(14)8-6-9/h3,5-8,11H,1,4H2,2H3. The van der Waals surface area contributed by atoms with E-state index in [-0.39, 0.29) is 12.2 Å². The fraction of sp³-hybridized carbons (Fsp3) is 0.231. The van der Waals surface area contributed by atoms with Crippen LogP contribution in [-0.4, -0.2) is 18.9 Å². The molecule has 0 aliphatic heterocycles. The van der Waals surface area contributed by atoms with Gasteiger partial charge < -0.3 is 4.74 Å². The van der Waals surface area contributed by atoms with E-state index in [9.17, 15) is 9.59 Å². The Morgan fingerprint density at radius 1 is 1.41 bits per heavy atom. The molecule has 0 radical (unpaired) electrons. The van der Waals surface area contributed by atoms with Gasteiger partial charge in [-0.25, -0.2) is 0 Å². The second-order valence-electron chi connectivity index (χ2n) is 3.47. The summed E-state index contributed by atoms with van der Waals surface area (Å²) in [6, 6.07) is 6.39. The van der Waals surface area contributed by atoms with Crippen LogP contribution >= 0.6 is 11.6 Å². The lowest BCUT2D eigenvalue weighted by molar-refractivity contribution is -0.143. The number of hydrogen-bond acceptors (Lipinski definition) is 3. The molecular weight excluding hydrogens is 240 g/mol. The minimum absolute atomic E-state index is 0.258. The summed E-state index contributed by atoms with van der Waals surface area (Å²) in [5, 5.41) is 0.542. The first-order valence-corrected chi connectivity index (χ1v) is 5.46. The van der Waals surface area contributed by atoms with Crippen molar-refractivity contribution in [1.82, 2.24) is 0 Å². The lowest BCUT2D eigenvalue weighted by Gasteiger charge is -2.11. The highest BCUT2D eigenvalue weighted by Crippen LogP contribution is 2.17. The van der Waals surface area contributed by atoms with Crippen molar-refractivity contribution in [2.75, 3.05) is 7.11 Å². The zero-order valence-electron chi connectivity index (χ0n) is 9.48. The third-order valence-electron chi connectivity index (χ3n) is 2.33. The molecule has 0 aromatic heterocycles. The van der Waals surface area contributed by atoms with Gasteiger partial charge in [0.1, 0.15) is 5.92 Å². The van der Waals surface area contributed by atoms with Gasteiger partial charge in [0.2, 0.25) is 0 Å². The largest absolute Gasteiger partial charge is 0.468 e. The molecule has 1 atom stereocenters. The third-order valence-corrected chi connectivity index (χ3v) is 2.59. The first-order valence-electron chi connectivity index (χ1n) is 5.08. The van der Waals surface area contributed by atoms with Gasteiger partial charge >= 0.3 is 5.97 Å². The quantitative estimate of drug-likeness (QED) is 0.350. The maximum absolute atomic E-state index is 12.1. The smallest absolute Gasteiger partial charge is 0.316 e. The lowest BCUT2D eigenvalue weighted by Crippen LogP contribution is -2.25. The average molecular weight is 253 g/mol. The molecule has 0 amide bonds. The Labute approximate surface area is 105 Å². The zero-order valence-corrected chi connectivity index (χ0v) is 10.2. The molecule has 0 bridgehead atoms. The Balaban J connectivity index is 2.95. The second kappa shape index (κ2) is 6.21. The fourth-order valence-corrected chi connectivity index (χ4v) is 1.56. The van der Waals surface area contributed by atoms with Crippen LogP contribution in [0.25, 0.3) is 0 Å². The molecule has 0 fully saturated rings. The molecule has 1 rings (SSSR count). The van der Waals surface area contributed by atoms with E-state index >= 15 is 0 Å². The Hall–Kier alpha value is -1.61. The lowest BCUT2D eigenvalue weighted by atomic mass is 9.95. The molecule has 0 aliphatic rings. The van der Waals surface area contributed by atoms with Crippen LogP contribution in [0, 0.1) is 5.92 Å². The number of ketones is 1. The molecule has 17 heavy (non-hydrogen) atoms. The molecule has 90 valence electrons. The molecule has 4 heteroatoms. The summed E-state index contributed by atoms with van der Waals surface area (Å²) in [7, 11) is 1.26. The summed E-state index contributed by atoms with van der Waals surface area (Å²) in [5.74, 6) is -1.67. The van der Waals surface area contributed by atoms with Crippen LogP contribution in [0.2, 0.25) is 5.02 Å². The first kappa shape index (κ1) is 13.5. The maximum atomic E-state index is 12.1. The van der Waals surface area contributed by atoms with Crippen LogP contribution in [0.3, 0.4) is 0 Å². The highest BCUT2D eigenvalue weighted by atomic mass is 35.5. The number of Topliss-reactive ketones (excluding diaryl/α,β-unsaturated/α-hetero) is 1. The zero-order chi connectivity index (χ0) is 12.8. The molecule has 0 N–H and O–H groups in total. The Morgan fingerprint density at radius 3 is 2.47 bits per heavy atom. The molecule has 0 saturated heterocycles. The maximum Gasteiger partial charge on any atom is 0.316 e. The monoisotopic (exact) mass is 252 g/mol. The molecule has 1 aromatic rings. The number of carbonyl (C=O) groups excluding carboxylic acids is 2. The third kappa shape index (κ3) is 3.43. The fourth-order valence-electron chi connectivity index (χ4n) is 1.43. The summed E-state index contributed by atoms with van der Waals surface area (Å²) in [4.78, 5) is 23.5. The highest BCUT2D eigenvalue weighted by Gasteiger charge is 2.27. The normalized spacial score (nSPS) is 11.6. The minimum atomic E-state index is -0.835. The number of ether oxygens (including phenoxy) is 1. The van der Waals surface area contributed by atoms with Crippen LogP contribution in [-0.2, 0) is 9.53 Å². The minimum Gasteiger partial charge on any atom is -0.468 e. The molecular formula is C13H13ClO3. The molecule has 0 spiro atoms. The van der Waals surface area contributed by atoms with Crippen molar-refractivity contribution < 1.29 is 14.3 Å². The number of esters is 1. The van der Waals surface area contributed by atoms with Crippen LogP contribution in [0.1, 0.15) is 16.8 Å². The number of allylic oxidation sites excluding steroid dienone is 1. The van der Waals surface area contributed by atoms with Crippen LogP contribution in [0.4, 0.5) is 0 Å². The van der Waals surface area contributed by atoms with Gasteiger partial charge in [-0.1, -0.05) is 17.7 Å². The molecule has 1 unspecified atom stereocenters. The highest BCUT2D eigenvalue weighted by molar-refractivity contribution is 6.30. The molecule has 1 aromatic carbocycles. The van der Waals surface area contributed by atoms with E-state index in [4.69, 9.17) is 11.6 Å². The first-order chi connectivity index (χ1) is 8.10. The van der Waals surface area contributed by atoms with Gasteiger partial charge in [-0.05, 0) is 30.7 Å². The van der Waals surface area contributed by atoms with Gasteiger partial charge in [0.25, 0.3) is 0 Å². The second-order valence-corrected chi connectivity index (χ2v) is 3.91. The Kier molecular flexibility index (Phi) is 4.91. The summed E-state index contributed by atoms with van der Waals surface area (Å²) >= 11 is 5.73. The molecule has 0 heterocycles. The molecule has 0 aliphatic carbocycles. The number of methoxy groups -OCH3 is 1. The van der Waals surface area contributed by atoms with Gasteiger partial charge in [-0.15, -0.1) is 6.58 Å². The van der Waals surface area contributed by atoms with Crippen molar-refractivity contribution in [2.45, 2.75) is 6.42 Å². The van der Waals surface area contributed by atoms with E-state index in [0.29, 0.717) is 10.6 Å². The van der Waals surface area contributed by atoms with Crippen molar-refractivity contribution in [3.8, 4) is 0 Å². The van der Waals surface area contributed by atoms with Crippen LogP contribution in [0.15, 0.2) is 36.9 Å². The molecule has 0 saturated carbocycles. The van der Waals surface area contributed by atoms with Gasteiger partial charge in [-0.3, -0.25) is 9.59 Å². The number of rotatable bonds is 5. The number of hydrogen-bond donors (Lipinski definition) is 0. The van der Waals surface area contributed by atoms with Crippen molar-refractivity contribution in [2.24, 2.45) is 5.92 Å². The van der Waals surface area contributed by atoms with E-state index in [1.165, 1.54) is 13.2 Å². The molecule has 3 nitrogen and oxygen atoms in total. The number of halogens is 1. The number of carbonyl (C=O) groups is 2. The summed E-state index contributed by atoms with van der Waals surface area (Å²) in [6.45, 7) is 3.53. The van der Waals surface area contributed by atoms with Crippen molar-refractivity contribution >= 4 is 23.4 Å². The summed E-state index contributed by atoms with van der Waals surface area (Å²) in [5.41, 5.74) is 0.437. The predicted octanol–water partition coefficient (Wildman–Crippen LogP) is 2.89. The van der Waals surface area contributed by atoms with Gasteiger partial charge in [0, 0.05) is 10.6 Å². The van der Waals surface area contributed by atoms with Crippen molar-refractivity contribution in [3.05, 3.63) is 47.5 Å².